The van der Waals surface area contributed by atoms with Crippen molar-refractivity contribution < 1.29 is 2.85 Å². The van der Waals surface area contributed by atoms with Crippen LogP contribution in [0.3, 0.4) is 0 Å². The quantitative estimate of drug-likeness (QED) is 0.670. The van der Waals surface area contributed by atoms with Gasteiger partial charge in [-0.3, -0.25) is 0 Å². The molecule has 0 unspecified atom stereocenters. The molecule has 0 spiro atoms. The second-order valence-electron chi connectivity index (χ2n) is 3.41. The largest absolute Gasteiger partial charge is 0.330 e. The lowest BCUT2D eigenvalue weighted by atomic mass is 10.2. The first-order valence-corrected chi connectivity index (χ1v) is 5.86. The molecule has 4 N–H and O–H groups in total. The Morgan fingerprint density at radius 2 is 1.36 bits per heavy atom. The third-order valence-corrected chi connectivity index (χ3v) is 2.03. The molecule has 0 saturated carbocycles. The van der Waals surface area contributed by atoms with Gasteiger partial charge in [-0.05, 0) is 52.9 Å². The van der Waals surface area contributed by atoms with Crippen molar-refractivity contribution in [2.75, 3.05) is 26.2 Å². The molecule has 0 aromatic heterocycles. The molecule has 0 radical (unpaired) electrons. The molecule has 3 heteroatoms. The lowest BCUT2D eigenvalue weighted by Gasteiger charge is -2.25. The third-order valence-electron chi connectivity index (χ3n) is 2.03. The molecule has 0 aliphatic carbocycles. The summed E-state index contributed by atoms with van der Waals surface area (Å²) in [5, 5.41) is 0. The Hall–Kier alpha value is -0.120. The smallest absolute Gasteiger partial charge is 0.00386 e. The van der Waals surface area contributed by atoms with Gasteiger partial charge in [-0.2, -0.15) is 0 Å². The highest BCUT2D eigenvalue weighted by Crippen LogP contribution is 1.99. The van der Waals surface area contributed by atoms with E-state index in [0.717, 1.165) is 39.0 Å². The second-order valence-corrected chi connectivity index (χ2v) is 3.41. The van der Waals surface area contributed by atoms with E-state index in [4.69, 9.17) is 11.5 Å². The number of hydrogen-bond acceptors (Lipinski definition) is 3. The molecule has 0 atom stereocenters. The summed E-state index contributed by atoms with van der Waals surface area (Å²) in [6.07, 6.45) is 2.17. The van der Waals surface area contributed by atoms with Gasteiger partial charge in [0.15, 0.2) is 0 Å². The normalized spacial score (nSPS) is 10.3. The summed E-state index contributed by atoms with van der Waals surface area (Å²) in [7, 11) is 0. The van der Waals surface area contributed by atoms with Gasteiger partial charge in [0.2, 0.25) is 0 Å². The highest BCUT2D eigenvalue weighted by Gasteiger charge is 2.06. The summed E-state index contributed by atoms with van der Waals surface area (Å²) < 4.78 is 0. The van der Waals surface area contributed by atoms with E-state index in [0.29, 0.717) is 6.04 Å². The van der Waals surface area contributed by atoms with Crippen molar-refractivity contribution in [2.24, 2.45) is 11.5 Å². The van der Waals surface area contributed by atoms with Crippen LogP contribution in [0.25, 0.3) is 0 Å². The van der Waals surface area contributed by atoms with Crippen molar-refractivity contribution in [1.29, 1.82) is 0 Å². The maximum Gasteiger partial charge on any atom is 0.00386 e. The zero-order chi connectivity index (χ0) is 11.4. The number of rotatable bonds is 7. The Labute approximate surface area is 92.8 Å². The molecule has 0 rings (SSSR count). The van der Waals surface area contributed by atoms with Gasteiger partial charge >= 0.3 is 0 Å². The van der Waals surface area contributed by atoms with E-state index < -0.39 is 0 Å². The molecule has 0 fully saturated rings. The van der Waals surface area contributed by atoms with Gasteiger partial charge in [-0.15, -0.1) is 0 Å². The van der Waals surface area contributed by atoms with Crippen molar-refractivity contribution in [3.8, 4) is 0 Å². The van der Waals surface area contributed by atoms with Crippen LogP contribution in [0.2, 0.25) is 0 Å². The van der Waals surface area contributed by atoms with Gasteiger partial charge in [0.1, 0.15) is 0 Å². The first kappa shape index (κ1) is 16.3. The molecule has 14 heavy (non-hydrogen) atoms. The van der Waals surface area contributed by atoms with Crippen molar-refractivity contribution in [1.82, 2.24) is 4.90 Å². The van der Waals surface area contributed by atoms with Gasteiger partial charge in [-0.1, -0.05) is 13.8 Å². The minimum Gasteiger partial charge on any atom is -0.330 e. The maximum absolute atomic E-state index is 5.45. The van der Waals surface area contributed by atoms with E-state index >= 15 is 0 Å². The topological polar surface area (TPSA) is 55.3 Å². The fourth-order valence-corrected chi connectivity index (χ4v) is 1.22. The Morgan fingerprint density at radius 1 is 1.00 bits per heavy atom. The van der Waals surface area contributed by atoms with Crippen LogP contribution in [-0.4, -0.2) is 37.1 Å². The molecule has 0 amide bonds. The van der Waals surface area contributed by atoms with Gasteiger partial charge in [-0.25, -0.2) is 0 Å². The molecule has 0 aliphatic heterocycles. The van der Waals surface area contributed by atoms with Crippen molar-refractivity contribution in [2.45, 2.75) is 46.6 Å². The molecule has 0 saturated heterocycles. The van der Waals surface area contributed by atoms with Gasteiger partial charge in [0, 0.05) is 8.90 Å². The van der Waals surface area contributed by atoms with Crippen molar-refractivity contribution in [3.05, 3.63) is 0 Å². The molecular weight excluding hydrogens is 174 g/mol. The first-order valence-electron chi connectivity index (χ1n) is 5.86. The summed E-state index contributed by atoms with van der Waals surface area (Å²) >= 11 is 0. The minimum absolute atomic E-state index is 0. The van der Waals surface area contributed by atoms with E-state index in [2.05, 4.69) is 18.7 Å². The van der Waals surface area contributed by atoms with Crippen LogP contribution in [0.15, 0.2) is 0 Å². The van der Waals surface area contributed by atoms with Crippen LogP contribution in [0, 0.1) is 0 Å². The molecular formula is C11H33N3. The zero-order valence-electron chi connectivity index (χ0n) is 10.4. The third kappa shape index (κ3) is 9.96. The van der Waals surface area contributed by atoms with Crippen molar-refractivity contribution >= 4 is 0 Å². The number of hydrogen-bond donors (Lipinski definition) is 2. The van der Waals surface area contributed by atoms with Gasteiger partial charge in [0.05, 0.1) is 0 Å². The molecule has 3 nitrogen and oxygen atoms in total. The molecule has 0 aliphatic rings. The Bertz CT molecular complexity index is 95.2. The summed E-state index contributed by atoms with van der Waals surface area (Å²) in [6.45, 7) is 12.2. The van der Waals surface area contributed by atoms with E-state index in [1.54, 1.807) is 0 Å². The lowest BCUT2D eigenvalue weighted by molar-refractivity contribution is 0.219. The van der Waals surface area contributed by atoms with Crippen LogP contribution < -0.4 is 11.5 Å². The minimum atomic E-state index is 0. The highest BCUT2D eigenvalue weighted by molar-refractivity contribution is 4.63. The molecule has 0 aromatic carbocycles. The van der Waals surface area contributed by atoms with Gasteiger partial charge in [0.25, 0.3) is 0 Å². The average molecular weight is 207 g/mol. The van der Waals surface area contributed by atoms with E-state index in [1.807, 2.05) is 13.8 Å². The van der Waals surface area contributed by atoms with Crippen LogP contribution in [-0.2, 0) is 0 Å². The Morgan fingerprint density at radius 3 is 1.57 bits per heavy atom. The lowest BCUT2D eigenvalue weighted by Crippen LogP contribution is -2.34. The SMILES string of the molecule is CC.CC(C)N(CCCN)CCCN.[HH].[HH]. The summed E-state index contributed by atoms with van der Waals surface area (Å²) in [5.74, 6) is 0. The Balaban J connectivity index is -0.000000169. The predicted molar refractivity (Wildman–Crippen MR) is 69.6 cm³/mol. The standard InChI is InChI=1S/C9H23N3.C2H6.2H2/c1-9(2)12(7-3-5-10)8-4-6-11;1-2;;/h9H,3-8,10-11H2,1-2H3;1-2H3;2*1H. The second kappa shape index (κ2) is 12.9. The number of nitrogens with two attached hydrogens (primary N) is 2. The van der Waals surface area contributed by atoms with E-state index in [-0.39, 0.29) is 2.85 Å². The number of nitrogens with zero attached hydrogens (tertiary/aromatic N) is 1. The zero-order valence-corrected chi connectivity index (χ0v) is 10.4. The van der Waals surface area contributed by atoms with Crippen LogP contribution in [0.5, 0.6) is 0 Å². The first-order chi connectivity index (χ1) is 6.72. The monoisotopic (exact) mass is 207 g/mol. The van der Waals surface area contributed by atoms with Gasteiger partial charge < -0.3 is 16.4 Å². The fourth-order valence-electron chi connectivity index (χ4n) is 1.22. The van der Waals surface area contributed by atoms with Crippen molar-refractivity contribution in [3.63, 3.8) is 0 Å². The maximum atomic E-state index is 5.45. The van der Waals surface area contributed by atoms with E-state index in [9.17, 15) is 0 Å². The fraction of sp³-hybridized carbons (Fsp3) is 1.00. The molecule has 0 bridgehead atoms. The average Bonchev–Trinajstić information content (AvgIpc) is 2.20. The summed E-state index contributed by atoms with van der Waals surface area (Å²) in [5.41, 5.74) is 10.9. The van der Waals surface area contributed by atoms with E-state index in [1.165, 1.54) is 0 Å². The predicted octanol–water partition coefficient (Wildman–Crippen LogP) is 1.91. The summed E-state index contributed by atoms with van der Waals surface area (Å²) in [4.78, 5) is 2.43. The molecule has 0 heterocycles. The van der Waals surface area contributed by atoms with Crippen LogP contribution in [0.4, 0.5) is 0 Å². The molecule has 0 aromatic rings. The highest BCUT2D eigenvalue weighted by atomic mass is 15.1. The molecule has 92 valence electrons. The Kier molecular flexibility index (Phi) is 15.0. The van der Waals surface area contributed by atoms with Crippen LogP contribution >= 0.6 is 0 Å². The van der Waals surface area contributed by atoms with Crippen LogP contribution in [0.1, 0.15) is 43.4 Å². The summed E-state index contributed by atoms with van der Waals surface area (Å²) in [6, 6.07) is 0.614.